The second-order valence-corrected chi connectivity index (χ2v) is 3.63. The Kier molecular flexibility index (Phi) is 2.42. The molecule has 0 saturated carbocycles. The van der Waals surface area contributed by atoms with Crippen molar-refractivity contribution in [1.82, 2.24) is 4.57 Å². The molecule has 0 fully saturated rings. The van der Waals surface area contributed by atoms with Crippen molar-refractivity contribution < 1.29 is 0 Å². The number of aromatic nitrogens is 1. The molecular formula is C13H13NO. The van der Waals surface area contributed by atoms with E-state index in [0.29, 0.717) is 0 Å². The molecule has 0 aliphatic rings. The number of benzene rings is 1. The van der Waals surface area contributed by atoms with Crippen LogP contribution in [0.15, 0.2) is 47.3 Å². The predicted molar refractivity (Wildman–Crippen MR) is 61.5 cm³/mol. The lowest BCUT2D eigenvalue weighted by atomic mass is 10.2. The van der Waals surface area contributed by atoms with Crippen LogP contribution >= 0.6 is 0 Å². The van der Waals surface area contributed by atoms with E-state index in [2.05, 4.69) is 0 Å². The summed E-state index contributed by atoms with van der Waals surface area (Å²) in [5, 5.41) is 0. The lowest BCUT2D eigenvalue weighted by Crippen LogP contribution is -2.22. The van der Waals surface area contributed by atoms with Gasteiger partial charge >= 0.3 is 0 Å². The van der Waals surface area contributed by atoms with Gasteiger partial charge in [0.2, 0.25) is 0 Å². The van der Waals surface area contributed by atoms with Gasteiger partial charge in [0.25, 0.3) is 5.56 Å². The van der Waals surface area contributed by atoms with Gasteiger partial charge in [0, 0.05) is 16.9 Å². The molecule has 0 saturated heterocycles. The second kappa shape index (κ2) is 3.73. The van der Waals surface area contributed by atoms with Gasteiger partial charge in [-0.25, -0.2) is 0 Å². The minimum absolute atomic E-state index is 0.0567. The van der Waals surface area contributed by atoms with E-state index in [1.807, 2.05) is 56.3 Å². The quantitative estimate of drug-likeness (QED) is 0.691. The van der Waals surface area contributed by atoms with Crippen LogP contribution in [0.4, 0.5) is 0 Å². The lowest BCUT2D eigenvalue weighted by Gasteiger charge is -2.10. The molecule has 1 heterocycles. The van der Waals surface area contributed by atoms with Crippen LogP contribution in [0.1, 0.15) is 11.3 Å². The average molecular weight is 199 g/mol. The van der Waals surface area contributed by atoms with Gasteiger partial charge in [0.1, 0.15) is 0 Å². The van der Waals surface area contributed by atoms with Crippen molar-refractivity contribution in [1.29, 1.82) is 0 Å². The highest BCUT2D eigenvalue weighted by atomic mass is 16.1. The first-order chi connectivity index (χ1) is 7.20. The van der Waals surface area contributed by atoms with Gasteiger partial charge in [-0.15, -0.1) is 0 Å². The number of pyridine rings is 1. The maximum absolute atomic E-state index is 12.0. The fraction of sp³-hybridized carbons (Fsp3) is 0.154. The summed E-state index contributed by atoms with van der Waals surface area (Å²) in [4.78, 5) is 12.0. The van der Waals surface area contributed by atoms with Crippen LogP contribution in [0.25, 0.3) is 5.69 Å². The zero-order chi connectivity index (χ0) is 10.8. The van der Waals surface area contributed by atoms with E-state index in [1.54, 1.807) is 4.57 Å². The molecule has 0 unspecified atom stereocenters. The van der Waals surface area contributed by atoms with Crippen LogP contribution in [0.2, 0.25) is 0 Å². The maximum Gasteiger partial charge on any atom is 0.258 e. The Labute approximate surface area is 88.8 Å². The van der Waals surface area contributed by atoms with Crippen molar-refractivity contribution >= 4 is 0 Å². The topological polar surface area (TPSA) is 22.0 Å². The maximum atomic E-state index is 12.0. The number of aryl methyl sites for hydroxylation is 2. The third kappa shape index (κ3) is 1.71. The Morgan fingerprint density at radius 1 is 0.933 bits per heavy atom. The van der Waals surface area contributed by atoms with Crippen LogP contribution in [-0.4, -0.2) is 4.57 Å². The van der Waals surface area contributed by atoms with E-state index in [4.69, 9.17) is 0 Å². The zero-order valence-electron chi connectivity index (χ0n) is 8.90. The van der Waals surface area contributed by atoms with Crippen LogP contribution in [0.5, 0.6) is 0 Å². The Bertz CT molecular complexity index is 526. The lowest BCUT2D eigenvalue weighted by molar-refractivity contribution is 0.919. The summed E-state index contributed by atoms with van der Waals surface area (Å²) in [7, 11) is 0. The van der Waals surface area contributed by atoms with Crippen LogP contribution in [0.3, 0.4) is 0 Å². The fourth-order valence-corrected chi connectivity index (χ4v) is 1.63. The van der Waals surface area contributed by atoms with Crippen molar-refractivity contribution in [3.63, 3.8) is 0 Å². The fourth-order valence-electron chi connectivity index (χ4n) is 1.63. The van der Waals surface area contributed by atoms with Crippen molar-refractivity contribution in [2.75, 3.05) is 0 Å². The molecule has 0 atom stereocenters. The smallest absolute Gasteiger partial charge is 0.258 e. The number of hydrogen-bond acceptors (Lipinski definition) is 1. The van der Waals surface area contributed by atoms with E-state index in [9.17, 15) is 4.79 Å². The number of rotatable bonds is 1. The molecule has 2 rings (SSSR count). The monoisotopic (exact) mass is 199 g/mol. The number of para-hydroxylation sites is 1. The summed E-state index contributed by atoms with van der Waals surface area (Å²) >= 11 is 0. The Hall–Kier alpha value is -1.83. The summed E-state index contributed by atoms with van der Waals surface area (Å²) in [5.41, 5.74) is 2.70. The SMILES string of the molecule is Cc1ccc(C)n(-c2ccccc2)c1=O. The molecule has 0 radical (unpaired) electrons. The molecular weight excluding hydrogens is 186 g/mol. The molecule has 2 heteroatoms. The first-order valence-electron chi connectivity index (χ1n) is 4.95. The number of nitrogens with zero attached hydrogens (tertiary/aromatic N) is 1. The van der Waals surface area contributed by atoms with E-state index in [-0.39, 0.29) is 5.56 Å². The van der Waals surface area contributed by atoms with Crippen molar-refractivity contribution in [2.24, 2.45) is 0 Å². The van der Waals surface area contributed by atoms with Gasteiger partial charge < -0.3 is 0 Å². The van der Waals surface area contributed by atoms with E-state index >= 15 is 0 Å². The Morgan fingerprint density at radius 3 is 2.27 bits per heavy atom. The van der Waals surface area contributed by atoms with Gasteiger partial charge in [-0.1, -0.05) is 24.3 Å². The number of hydrogen-bond donors (Lipinski definition) is 0. The molecule has 76 valence electrons. The minimum Gasteiger partial charge on any atom is -0.281 e. The summed E-state index contributed by atoms with van der Waals surface area (Å²) in [6.07, 6.45) is 0. The Morgan fingerprint density at radius 2 is 1.60 bits per heavy atom. The van der Waals surface area contributed by atoms with E-state index in [1.165, 1.54) is 0 Å². The normalized spacial score (nSPS) is 10.3. The van der Waals surface area contributed by atoms with Crippen LogP contribution in [-0.2, 0) is 0 Å². The first kappa shape index (κ1) is 9.71. The predicted octanol–water partition coefficient (Wildman–Crippen LogP) is 2.45. The molecule has 0 bridgehead atoms. The van der Waals surface area contributed by atoms with E-state index in [0.717, 1.165) is 16.9 Å². The summed E-state index contributed by atoms with van der Waals surface area (Å²) in [5.74, 6) is 0. The highest BCUT2D eigenvalue weighted by Gasteiger charge is 2.03. The van der Waals surface area contributed by atoms with Crippen molar-refractivity contribution in [3.8, 4) is 5.69 Å². The average Bonchev–Trinajstić information content (AvgIpc) is 2.26. The molecule has 1 aromatic heterocycles. The van der Waals surface area contributed by atoms with Gasteiger partial charge in [0.15, 0.2) is 0 Å². The highest BCUT2D eigenvalue weighted by molar-refractivity contribution is 5.35. The van der Waals surface area contributed by atoms with E-state index < -0.39 is 0 Å². The molecule has 15 heavy (non-hydrogen) atoms. The molecule has 2 nitrogen and oxygen atoms in total. The molecule has 0 aliphatic carbocycles. The first-order valence-corrected chi connectivity index (χ1v) is 4.95. The molecule has 2 aromatic rings. The van der Waals surface area contributed by atoms with Gasteiger partial charge in [-0.05, 0) is 32.0 Å². The third-order valence-corrected chi connectivity index (χ3v) is 2.48. The van der Waals surface area contributed by atoms with Crippen LogP contribution < -0.4 is 5.56 Å². The van der Waals surface area contributed by atoms with Crippen molar-refractivity contribution in [3.05, 3.63) is 64.1 Å². The standard InChI is InChI=1S/C13H13NO/c1-10-8-9-11(2)14(13(10)15)12-6-4-3-5-7-12/h3-9H,1-2H3. The molecule has 0 spiro atoms. The highest BCUT2D eigenvalue weighted by Crippen LogP contribution is 2.07. The van der Waals surface area contributed by atoms with Gasteiger partial charge in [-0.2, -0.15) is 0 Å². The molecule has 1 aromatic carbocycles. The minimum atomic E-state index is 0.0567. The summed E-state index contributed by atoms with van der Waals surface area (Å²) in [6, 6.07) is 13.5. The van der Waals surface area contributed by atoms with Crippen molar-refractivity contribution in [2.45, 2.75) is 13.8 Å². The van der Waals surface area contributed by atoms with Gasteiger partial charge in [0.05, 0.1) is 0 Å². The third-order valence-electron chi connectivity index (χ3n) is 2.48. The largest absolute Gasteiger partial charge is 0.281 e. The molecule has 0 amide bonds. The second-order valence-electron chi connectivity index (χ2n) is 3.63. The molecule has 0 N–H and O–H groups in total. The van der Waals surface area contributed by atoms with Gasteiger partial charge in [-0.3, -0.25) is 9.36 Å². The van der Waals surface area contributed by atoms with Crippen LogP contribution in [0, 0.1) is 13.8 Å². The molecule has 0 aliphatic heterocycles. The summed E-state index contributed by atoms with van der Waals surface area (Å²) < 4.78 is 1.73. The Balaban J connectivity index is 2.73. The summed E-state index contributed by atoms with van der Waals surface area (Å²) in [6.45, 7) is 3.77. The zero-order valence-corrected chi connectivity index (χ0v) is 8.90.